The van der Waals surface area contributed by atoms with Crippen LogP contribution in [0.2, 0.25) is 0 Å². The molecule has 6 nitrogen and oxygen atoms in total. The van der Waals surface area contributed by atoms with Crippen molar-refractivity contribution in [2.45, 2.75) is 32.6 Å². The highest BCUT2D eigenvalue weighted by Gasteiger charge is 2.31. The smallest absolute Gasteiger partial charge is 0.243 e. The third kappa shape index (κ3) is 4.88. The van der Waals surface area contributed by atoms with E-state index in [2.05, 4.69) is 30.1 Å². The van der Waals surface area contributed by atoms with Gasteiger partial charge in [0.05, 0.1) is 17.1 Å². The predicted octanol–water partition coefficient (Wildman–Crippen LogP) is 4.08. The van der Waals surface area contributed by atoms with E-state index in [1.807, 2.05) is 54.6 Å². The van der Waals surface area contributed by atoms with E-state index in [0.717, 1.165) is 30.6 Å². The van der Waals surface area contributed by atoms with Crippen molar-refractivity contribution in [3.05, 3.63) is 65.9 Å². The summed E-state index contributed by atoms with van der Waals surface area (Å²) in [4.78, 5) is 24.9. The lowest BCUT2D eigenvalue weighted by Crippen LogP contribution is -2.40. The largest absolute Gasteiger partial charge is 0.355 e. The Morgan fingerprint density at radius 3 is 2.34 bits per heavy atom. The van der Waals surface area contributed by atoms with Crippen molar-refractivity contribution in [1.82, 2.24) is 15.3 Å². The summed E-state index contributed by atoms with van der Waals surface area (Å²) in [7, 11) is 0. The molecular formula is C26H29N5O. The van der Waals surface area contributed by atoms with Crippen LogP contribution in [0.3, 0.4) is 0 Å². The van der Waals surface area contributed by atoms with E-state index >= 15 is 0 Å². The molecule has 0 spiro atoms. The maximum atomic E-state index is 13.0. The van der Waals surface area contributed by atoms with Gasteiger partial charge in [-0.05, 0) is 42.4 Å². The van der Waals surface area contributed by atoms with Gasteiger partial charge in [-0.3, -0.25) is 4.79 Å². The zero-order valence-electron chi connectivity index (χ0n) is 18.7. The van der Waals surface area contributed by atoms with Gasteiger partial charge in [-0.2, -0.15) is 5.26 Å². The highest BCUT2D eigenvalue weighted by Crippen LogP contribution is 2.31. The van der Waals surface area contributed by atoms with Crippen molar-refractivity contribution < 1.29 is 4.79 Å². The van der Waals surface area contributed by atoms with E-state index in [9.17, 15) is 10.1 Å². The maximum absolute atomic E-state index is 13.0. The number of carbonyl (C=O) groups is 1. The van der Waals surface area contributed by atoms with Crippen LogP contribution >= 0.6 is 0 Å². The molecule has 1 aromatic heterocycles. The third-order valence-corrected chi connectivity index (χ3v) is 5.97. The first-order valence-corrected chi connectivity index (χ1v) is 11.3. The van der Waals surface area contributed by atoms with Crippen LogP contribution in [0.15, 0.2) is 54.6 Å². The van der Waals surface area contributed by atoms with Crippen LogP contribution in [-0.4, -0.2) is 35.5 Å². The summed E-state index contributed by atoms with van der Waals surface area (Å²) in [5.74, 6) is 0.352. The van der Waals surface area contributed by atoms with Gasteiger partial charge in [0.1, 0.15) is 5.69 Å². The van der Waals surface area contributed by atoms with Crippen molar-refractivity contribution in [2.75, 3.05) is 24.5 Å². The standard InChI is InChI=1S/C26H29N5O/c1-18-14-19(2)17-31(16-18)25-24(29-22-10-6-7-11-23(22)30-25)21(15-27)26(32)28-13-12-20-8-4-3-5-9-20/h3-11,18-19,21H,12-14,16-17H2,1-2H3,(H,28,32)/t18-,19-,21-/m1/s1. The number of hydrogen-bond donors (Lipinski definition) is 1. The molecule has 164 valence electrons. The lowest BCUT2D eigenvalue weighted by molar-refractivity contribution is -0.121. The molecule has 6 heteroatoms. The molecule has 0 unspecified atom stereocenters. The topological polar surface area (TPSA) is 81.9 Å². The average molecular weight is 428 g/mol. The zero-order chi connectivity index (χ0) is 22.5. The number of benzene rings is 2. The Balaban J connectivity index is 1.62. The zero-order valence-corrected chi connectivity index (χ0v) is 18.7. The third-order valence-electron chi connectivity index (χ3n) is 5.97. The molecule has 1 aliphatic rings. The maximum Gasteiger partial charge on any atom is 0.243 e. The second-order valence-corrected chi connectivity index (χ2v) is 8.86. The van der Waals surface area contributed by atoms with Crippen LogP contribution in [0.1, 0.15) is 37.4 Å². The molecule has 1 saturated heterocycles. The molecular weight excluding hydrogens is 398 g/mol. The lowest BCUT2D eigenvalue weighted by Gasteiger charge is -2.36. The first kappa shape index (κ1) is 21.8. The average Bonchev–Trinajstić information content (AvgIpc) is 2.79. The fraction of sp³-hybridized carbons (Fsp3) is 0.385. The van der Waals surface area contributed by atoms with E-state index in [0.29, 0.717) is 41.8 Å². The summed E-state index contributed by atoms with van der Waals surface area (Å²) in [5, 5.41) is 12.9. The van der Waals surface area contributed by atoms with Crippen LogP contribution < -0.4 is 10.2 Å². The molecule has 1 fully saturated rings. The highest BCUT2D eigenvalue weighted by molar-refractivity contribution is 5.88. The minimum atomic E-state index is -1.01. The van der Waals surface area contributed by atoms with Gasteiger partial charge in [-0.15, -0.1) is 0 Å². The number of para-hydroxylation sites is 2. The molecule has 1 amide bonds. The number of amides is 1. The van der Waals surface area contributed by atoms with Crippen molar-refractivity contribution in [3.63, 3.8) is 0 Å². The van der Waals surface area contributed by atoms with Crippen LogP contribution in [0.5, 0.6) is 0 Å². The fourth-order valence-corrected chi connectivity index (χ4v) is 4.59. The Morgan fingerprint density at radius 1 is 1.06 bits per heavy atom. The molecule has 3 aromatic rings. The number of aromatic nitrogens is 2. The van der Waals surface area contributed by atoms with Crippen LogP contribution in [0, 0.1) is 23.2 Å². The van der Waals surface area contributed by atoms with E-state index < -0.39 is 5.92 Å². The Morgan fingerprint density at radius 2 is 1.69 bits per heavy atom. The molecule has 3 atom stereocenters. The SMILES string of the molecule is C[C@@H]1C[C@@H](C)CN(c2nc3ccccc3nc2[C@@H](C#N)C(=O)NCCc2ccccc2)C1. The Labute approximate surface area is 189 Å². The van der Waals surface area contributed by atoms with Crippen molar-refractivity contribution in [1.29, 1.82) is 5.26 Å². The second-order valence-electron chi connectivity index (χ2n) is 8.86. The summed E-state index contributed by atoms with van der Waals surface area (Å²) in [6.45, 7) is 6.62. The van der Waals surface area contributed by atoms with Gasteiger partial charge >= 0.3 is 0 Å². The molecule has 2 heterocycles. The summed E-state index contributed by atoms with van der Waals surface area (Å²) in [6.07, 6.45) is 1.87. The number of carbonyl (C=O) groups excluding carboxylic acids is 1. The molecule has 1 aliphatic heterocycles. The van der Waals surface area contributed by atoms with Gasteiger partial charge in [-0.1, -0.05) is 56.3 Å². The second kappa shape index (κ2) is 9.78. The highest BCUT2D eigenvalue weighted by atomic mass is 16.1. The number of hydrogen-bond acceptors (Lipinski definition) is 5. The van der Waals surface area contributed by atoms with E-state index in [1.54, 1.807) is 0 Å². The molecule has 0 radical (unpaired) electrons. The molecule has 2 aromatic carbocycles. The Kier molecular flexibility index (Phi) is 6.65. The number of nitrogens with zero attached hydrogens (tertiary/aromatic N) is 4. The van der Waals surface area contributed by atoms with Gasteiger partial charge < -0.3 is 10.2 Å². The van der Waals surface area contributed by atoms with E-state index in [1.165, 1.54) is 0 Å². The number of rotatable bonds is 6. The summed E-state index contributed by atoms with van der Waals surface area (Å²) in [6, 6.07) is 19.8. The van der Waals surface area contributed by atoms with Crippen LogP contribution in [0.25, 0.3) is 11.0 Å². The van der Waals surface area contributed by atoms with Gasteiger partial charge in [0.25, 0.3) is 0 Å². The Hall–Kier alpha value is -3.46. The molecule has 1 N–H and O–H groups in total. The van der Waals surface area contributed by atoms with Crippen molar-refractivity contribution in [3.8, 4) is 6.07 Å². The summed E-state index contributed by atoms with van der Waals surface area (Å²) in [5.41, 5.74) is 3.06. The molecule has 0 aliphatic carbocycles. The predicted molar refractivity (Wildman–Crippen MR) is 126 cm³/mol. The fourth-order valence-electron chi connectivity index (χ4n) is 4.59. The number of anilines is 1. The van der Waals surface area contributed by atoms with Crippen molar-refractivity contribution >= 4 is 22.8 Å². The van der Waals surface area contributed by atoms with Gasteiger partial charge in [0.2, 0.25) is 5.91 Å². The minimum absolute atomic E-state index is 0.327. The van der Waals surface area contributed by atoms with Gasteiger partial charge in [-0.25, -0.2) is 9.97 Å². The number of nitrogens with one attached hydrogen (secondary N) is 1. The van der Waals surface area contributed by atoms with E-state index in [-0.39, 0.29) is 5.91 Å². The van der Waals surface area contributed by atoms with Gasteiger partial charge in [0, 0.05) is 19.6 Å². The lowest BCUT2D eigenvalue weighted by atomic mass is 9.91. The van der Waals surface area contributed by atoms with Crippen LogP contribution in [0.4, 0.5) is 5.82 Å². The first-order valence-electron chi connectivity index (χ1n) is 11.3. The number of piperidine rings is 1. The molecule has 32 heavy (non-hydrogen) atoms. The summed E-state index contributed by atoms with van der Waals surface area (Å²) < 4.78 is 0. The van der Waals surface area contributed by atoms with Gasteiger partial charge in [0.15, 0.2) is 11.7 Å². The molecule has 0 bridgehead atoms. The van der Waals surface area contributed by atoms with Crippen molar-refractivity contribution in [2.24, 2.45) is 11.8 Å². The first-order chi connectivity index (χ1) is 15.5. The number of nitriles is 1. The molecule has 4 rings (SSSR count). The quantitative estimate of drug-likeness (QED) is 0.641. The summed E-state index contributed by atoms with van der Waals surface area (Å²) >= 11 is 0. The Bertz CT molecular complexity index is 1110. The number of fused-ring (bicyclic) bond motifs is 1. The monoisotopic (exact) mass is 427 g/mol. The van der Waals surface area contributed by atoms with Crippen LogP contribution in [-0.2, 0) is 11.2 Å². The molecule has 0 saturated carbocycles. The van der Waals surface area contributed by atoms with E-state index in [4.69, 9.17) is 9.97 Å². The normalized spacial score (nSPS) is 19.3. The minimum Gasteiger partial charge on any atom is -0.355 e.